The molecule has 1 N–H and O–H groups in total. The maximum atomic E-state index is 11.6. The van der Waals surface area contributed by atoms with E-state index in [-0.39, 0.29) is 11.9 Å². The lowest BCUT2D eigenvalue weighted by atomic mass is 10.2. The third-order valence-corrected chi connectivity index (χ3v) is 3.04. The predicted octanol–water partition coefficient (Wildman–Crippen LogP) is 2.42. The molecule has 0 aliphatic carbocycles. The van der Waals surface area contributed by atoms with Gasteiger partial charge in [-0.15, -0.1) is 0 Å². The van der Waals surface area contributed by atoms with Crippen molar-refractivity contribution in [2.75, 3.05) is 13.6 Å². The molecule has 100 valence electrons. The summed E-state index contributed by atoms with van der Waals surface area (Å²) >= 11 is 0. The van der Waals surface area contributed by atoms with Gasteiger partial charge in [-0.05, 0) is 26.0 Å². The van der Waals surface area contributed by atoms with Crippen molar-refractivity contribution in [1.29, 1.82) is 0 Å². The molecule has 3 nitrogen and oxygen atoms in total. The molecule has 0 saturated heterocycles. The molecular formula is C15H24N2O. The summed E-state index contributed by atoms with van der Waals surface area (Å²) in [6, 6.07) is 10.6. The van der Waals surface area contributed by atoms with Crippen molar-refractivity contribution in [2.24, 2.45) is 0 Å². The monoisotopic (exact) mass is 248 g/mol. The van der Waals surface area contributed by atoms with Gasteiger partial charge in [-0.1, -0.05) is 37.3 Å². The zero-order valence-electron chi connectivity index (χ0n) is 11.6. The number of hydrogen-bond donors (Lipinski definition) is 1. The Morgan fingerprint density at radius 2 is 2.00 bits per heavy atom. The zero-order valence-corrected chi connectivity index (χ0v) is 11.6. The second kappa shape index (κ2) is 7.88. The molecule has 0 fully saturated rings. The Morgan fingerprint density at radius 1 is 1.33 bits per heavy atom. The summed E-state index contributed by atoms with van der Waals surface area (Å²) in [6.07, 6.45) is 1.54. The van der Waals surface area contributed by atoms with Crippen molar-refractivity contribution in [3.63, 3.8) is 0 Å². The average molecular weight is 248 g/mol. The van der Waals surface area contributed by atoms with Crippen LogP contribution in [0.5, 0.6) is 0 Å². The van der Waals surface area contributed by atoms with Gasteiger partial charge in [-0.2, -0.15) is 0 Å². The lowest BCUT2D eigenvalue weighted by Crippen LogP contribution is -2.34. The van der Waals surface area contributed by atoms with E-state index in [1.807, 2.05) is 32.2 Å². The number of benzene rings is 1. The molecule has 0 saturated carbocycles. The Balaban J connectivity index is 2.25. The summed E-state index contributed by atoms with van der Waals surface area (Å²) in [4.78, 5) is 13.8. The van der Waals surface area contributed by atoms with Crippen molar-refractivity contribution < 1.29 is 4.79 Å². The molecule has 1 aromatic carbocycles. The van der Waals surface area contributed by atoms with Crippen LogP contribution in [0, 0.1) is 0 Å². The highest BCUT2D eigenvalue weighted by Gasteiger charge is 2.07. The van der Waals surface area contributed by atoms with Gasteiger partial charge in [-0.3, -0.25) is 4.79 Å². The van der Waals surface area contributed by atoms with Gasteiger partial charge in [-0.25, -0.2) is 0 Å². The van der Waals surface area contributed by atoms with Crippen LogP contribution < -0.4 is 5.32 Å². The average Bonchev–Trinajstić information content (AvgIpc) is 2.37. The molecule has 1 rings (SSSR count). The van der Waals surface area contributed by atoms with E-state index in [1.165, 1.54) is 5.56 Å². The standard InChI is InChI=1S/C15H24N2O/c1-4-13(2)16-15(18)10-11-17(3)12-14-8-6-5-7-9-14/h5-9,13H,4,10-12H2,1-3H3,(H,16,18). The first kappa shape index (κ1) is 14.7. The van der Waals surface area contributed by atoms with Gasteiger partial charge in [0.25, 0.3) is 0 Å². The van der Waals surface area contributed by atoms with Gasteiger partial charge in [0.15, 0.2) is 0 Å². The maximum absolute atomic E-state index is 11.6. The molecule has 1 atom stereocenters. The van der Waals surface area contributed by atoms with Gasteiger partial charge in [0.05, 0.1) is 0 Å². The number of rotatable bonds is 7. The Labute approximate surface area is 110 Å². The number of amides is 1. The predicted molar refractivity (Wildman–Crippen MR) is 75.3 cm³/mol. The lowest BCUT2D eigenvalue weighted by molar-refractivity contribution is -0.122. The Hall–Kier alpha value is -1.35. The maximum Gasteiger partial charge on any atom is 0.221 e. The van der Waals surface area contributed by atoms with Crippen LogP contribution in [0.1, 0.15) is 32.3 Å². The normalized spacial score (nSPS) is 12.4. The SMILES string of the molecule is CCC(C)NC(=O)CCN(C)Cc1ccccc1. The summed E-state index contributed by atoms with van der Waals surface area (Å²) in [7, 11) is 2.05. The fraction of sp³-hybridized carbons (Fsp3) is 0.533. The molecule has 1 aromatic rings. The molecule has 0 bridgehead atoms. The van der Waals surface area contributed by atoms with Gasteiger partial charge < -0.3 is 10.2 Å². The molecule has 0 aliphatic heterocycles. The molecule has 0 aliphatic rings. The van der Waals surface area contributed by atoms with Crippen LogP contribution in [0.2, 0.25) is 0 Å². The molecule has 1 amide bonds. The molecule has 0 heterocycles. The largest absolute Gasteiger partial charge is 0.354 e. The van der Waals surface area contributed by atoms with E-state index in [0.29, 0.717) is 6.42 Å². The molecule has 1 unspecified atom stereocenters. The summed E-state index contributed by atoms with van der Waals surface area (Å²) in [6.45, 7) is 5.78. The second-order valence-corrected chi connectivity index (χ2v) is 4.85. The van der Waals surface area contributed by atoms with Crippen LogP contribution in [0.25, 0.3) is 0 Å². The first-order valence-corrected chi connectivity index (χ1v) is 6.63. The molecule has 18 heavy (non-hydrogen) atoms. The number of carbonyl (C=O) groups is 1. The Morgan fingerprint density at radius 3 is 2.61 bits per heavy atom. The highest BCUT2D eigenvalue weighted by molar-refractivity contribution is 5.76. The van der Waals surface area contributed by atoms with Crippen LogP contribution in [-0.4, -0.2) is 30.4 Å². The smallest absolute Gasteiger partial charge is 0.221 e. The van der Waals surface area contributed by atoms with E-state index in [0.717, 1.165) is 19.5 Å². The van der Waals surface area contributed by atoms with Crippen LogP contribution in [-0.2, 0) is 11.3 Å². The quantitative estimate of drug-likeness (QED) is 0.803. The van der Waals surface area contributed by atoms with Crippen molar-refractivity contribution in [3.05, 3.63) is 35.9 Å². The van der Waals surface area contributed by atoms with Crippen molar-refractivity contribution in [1.82, 2.24) is 10.2 Å². The van der Waals surface area contributed by atoms with Crippen molar-refractivity contribution >= 4 is 5.91 Å². The molecule has 0 spiro atoms. The van der Waals surface area contributed by atoms with Crippen LogP contribution in [0.4, 0.5) is 0 Å². The van der Waals surface area contributed by atoms with Gasteiger partial charge in [0.2, 0.25) is 5.91 Å². The summed E-state index contributed by atoms with van der Waals surface area (Å²) in [5.74, 6) is 0.143. The van der Waals surface area contributed by atoms with Gasteiger partial charge in [0, 0.05) is 25.6 Å². The fourth-order valence-corrected chi connectivity index (χ4v) is 1.72. The van der Waals surface area contributed by atoms with Crippen LogP contribution in [0.3, 0.4) is 0 Å². The Kier molecular flexibility index (Phi) is 6.44. The lowest BCUT2D eigenvalue weighted by Gasteiger charge is -2.17. The topological polar surface area (TPSA) is 32.3 Å². The van der Waals surface area contributed by atoms with Crippen LogP contribution >= 0.6 is 0 Å². The summed E-state index contributed by atoms with van der Waals surface area (Å²) in [5, 5.41) is 2.98. The van der Waals surface area contributed by atoms with E-state index < -0.39 is 0 Å². The second-order valence-electron chi connectivity index (χ2n) is 4.85. The number of carbonyl (C=O) groups excluding carboxylic acids is 1. The van der Waals surface area contributed by atoms with Gasteiger partial charge in [0.1, 0.15) is 0 Å². The molecule has 0 aromatic heterocycles. The summed E-state index contributed by atoms with van der Waals surface area (Å²) in [5.41, 5.74) is 1.28. The van der Waals surface area contributed by atoms with E-state index in [4.69, 9.17) is 0 Å². The first-order valence-electron chi connectivity index (χ1n) is 6.63. The zero-order chi connectivity index (χ0) is 13.4. The molecular weight excluding hydrogens is 224 g/mol. The highest BCUT2D eigenvalue weighted by atomic mass is 16.1. The minimum absolute atomic E-state index is 0.143. The van der Waals surface area contributed by atoms with E-state index in [2.05, 4.69) is 29.3 Å². The van der Waals surface area contributed by atoms with Crippen LogP contribution in [0.15, 0.2) is 30.3 Å². The van der Waals surface area contributed by atoms with E-state index in [9.17, 15) is 4.79 Å². The van der Waals surface area contributed by atoms with Gasteiger partial charge >= 0.3 is 0 Å². The molecule has 0 radical (unpaired) electrons. The number of nitrogens with one attached hydrogen (secondary N) is 1. The third kappa shape index (κ3) is 5.82. The van der Waals surface area contributed by atoms with Crippen molar-refractivity contribution in [2.45, 2.75) is 39.3 Å². The van der Waals surface area contributed by atoms with Crippen molar-refractivity contribution in [3.8, 4) is 0 Å². The first-order chi connectivity index (χ1) is 8.61. The highest BCUT2D eigenvalue weighted by Crippen LogP contribution is 2.03. The number of hydrogen-bond acceptors (Lipinski definition) is 2. The fourth-order valence-electron chi connectivity index (χ4n) is 1.72. The Bertz CT molecular complexity index is 351. The van der Waals surface area contributed by atoms with E-state index >= 15 is 0 Å². The third-order valence-electron chi connectivity index (χ3n) is 3.04. The van der Waals surface area contributed by atoms with E-state index in [1.54, 1.807) is 0 Å². The minimum Gasteiger partial charge on any atom is -0.354 e. The summed E-state index contributed by atoms with van der Waals surface area (Å²) < 4.78 is 0. The number of nitrogens with zero attached hydrogens (tertiary/aromatic N) is 1. The molecule has 3 heteroatoms. The minimum atomic E-state index is 0.143.